The first-order chi connectivity index (χ1) is 5.65. The zero-order valence-electron chi connectivity index (χ0n) is 5.83. The average molecular weight is 170 g/mol. The van der Waals surface area contributed by atoms with Gasteiger partial charge in [0.25, 0.3) is 6.43 Å². The number of nitriles is 1. The summed E-state index contributed by atoms with van der Waals surface area (Å²) < 4.78 is 24.1. The third kappa shape index (κ3) is 1.48. The van der Waals surface area contributed by atoms with E-state index in [4.69, 9.17) is 10.4 Å². The second-order valence-corrected chi connectivity index (χ2v) is 2.04. The van der Waals surface area contributed by atoms with E-state index >= 15 is 0 Å². The highest BCUT2D eigenvalue weighted by Crippen LogP contribution is 2.22. The number of rotatable bonds is 1. The molecule has 3 nitrogen and oxygen atoms in total. The molecule has 0 unspecified atom stereocenters. The van der Waals surface area contributed by atoms with Gasteiger partial charge in [-0.25, -0.2) is 8.78 Å². The second kappa shape index (κ2) is 3.13. The van der Waals surface area contributed by atoms with Gasteiger partial charge in [0.05, 0.1) is 11.8 Å². The smallest absolute Gasteiger partial charge is 0.281 e. The third-order valence-corrected chi connectivity index (χ3v) is 1.23. The van der Waals surface area contributed by atoms with E-state index in [9.17, 15) is 8.78 Å². The molecule has 1 heterocycles. The zero-order chi connectivity index (χ0) is 9.14. The molecule has 62 valence electrons. The molecule has 0 radical (unpaired) electrons. The van der Waals surface area contributed by atoms with Crippen molar-refractivity contribution in [1.29, 1.82) is 5.26 Å². The Hall–Kier alpha value is -1.70. The van der Waals surface area contributed by atoms with Crippen molar-refractivity contribution in [3.8, 4) is 11.8 Å². The summed E-state index contributed by atoms with van der Waals surface area (Å²) >= 11 is 0. The minimum absolute atomic E-state index is 0.295. The van der Waals surface area contributed by atoms with Gasteiger partial charge < -0.3 is 5.11 Å². The number of halogens is 2. The molecule has 0 bridgehead atoms. The lowest BCUT2D eigenvalue weighted by molar-refractivity contribution is 0.145. The maximum absolute atomic E-state index is 12.1. The fourth-order valence-electron chi connectivity index (χ4n) is 0.728. The van der Waals surface area contributed by atoms with E-state index in [0.717, 1.165) is 12.3 Å². The van der Waals surface area contributed by atoms with Crippen LogP contribution in [-0.4, -0.2) is 10.1 Å². The molecule has 12 heavy (non-hydrogen) atoms. The maximum atomic E-state index is 12.1. The minimum atomic E-state index is -2.79. The Labute approximate surface area is 66.9 Å². The molecule has 1 rings (SSSR count). The lowest BCUT2D eigenvalue weighted by Gasteiger charge is -2.00. The molecule has 5 heteroatoms. The van der Waals surface area contributed by atoms with Crippen LogP contribution in [-0.2, 0) is 0 Å². The summed E-state index contributed by atoms with van der Waals surface area (Å²) in [6, 6.07) is 2.47. The number of hydrogen-bond donors (Lipinski definition) is 1. The Morgan fingerprint density at radius 2 is 2.25 bits per heavy atom. The molecule has 0 saturated carbocycles. The lowest BCUT2D eigenvalue weighted by Crippen LogP contribution is -1.93. The number of aromatic hydroxyl groups is 1. The van der Waals surface area contributed by atoms with Crippen LogP contribution in [0, 0.1) is 11.3 Å². The Balaban J connectivity index is 3.23. The van der Waals surface area contributed by atoms with E-state index in [1.54, 1.807) is 0 Å². The molecule has 0 atom stereocenters. The zero-order valence-corrected chi connectivity index (χ0v) is 5.83. The first kappa shape index (κ1) is 8.40. The number of pyridine rings is 1. The highest BCUT2D eigenvalue weighted by Gasteiger charge is 2.14. The van der Waals surface area contributed by atoms with E-state index in [2.05, 4.69) is 4.98 Å². The normalized spacial score (nSPS) is 9.83. The molecule has 0 saturated heterocycles. The van der Waals surface area contributed by atoms with Crippen molar-refractivity contribution in [2.45, 2.75) is 6.43 Å². The summed E-state index contributed by atoms with van der Waals surface area (Å²) in [5.74, 6) is -0.295. The van der Waals surface area contributed by atoms with Crippen LogP contribution in [0.25, 0.3) is 0 Å². The molecule has 0 amide bonds. The first-order valence-corrected chi connectivity index (χ1v) is 3.02. The first-order valence-electron chi connectivity index (χ1n) is 3.02. The fraction of sp³-hybridized carbons (Fsp3) is 0.143. The van der Waals surface area contributed by atoms with Crippen molar-refractivity contribution in [1.82, 2.24) is 4.98 Å². The van der Waals surface area contributed by atoms with Crippen molar-refractivity contribution < 1.29 is 13.9 Å². The SMILES string of the molecule is N#Cc1cc(O)cnc1C(F)F. The summed E-state index contributed by atoms with van der Waals surface area (Å²) in [5.41, 5.74) is -0.902. The summed E-state index contributed by atoms with van der Waals surface area (Å²) in [4.78, 5) is 3.23. The van der Waals surface area contributed by atoms with E-state index in [-0.39, 0.29) is 11.3 Å². The molecule has 1 N–H and O–H groups in total. The Bertz CT molecular complexity index is 333. The van der Waals surface area contributed by atoms with Crippen LogP contribution in [0.1, 0.15) is 17.7 Å². The molecular weight excluding hydrogens is 166 g/mol. The molecule has 0 spiro atoms. The van der Waals surface area contributed by atoms with Crippen LogP contribution in [0.4, 0.5) is 8.78 Å². The standard InChI is InChI=1S/C7H4F2N2O/c8-7(9)6-4(2-10)1-5(12)3-11-6/h1,3,7,12H. The Kier molecular flexibility index (Phi) is 2.19. The van der Waals surface area contributed by atoms with Gasteiger partial charge in [-0.15, -0.1) is 0 Å². The van der Waals surface area contributed by atoms with Gasteiger partial charge in [0.2, 0.25) is 0 Å². The second-order valence-electron chi connectivity index (χ2n) is 2.04. The van der Waals surface area contributed by atoms with Crippen LogP contribution < -0.4 is 0 Å². The summed E-state index contributed by atoms with van der Waals surface area (Å²) in [6.45, 7) is 0. The van der Waals surface area contributed by atoms with Crippen LogP contribution in [0.5, 0.6) is 5.75 Å². The van der Waals surface area contributed by atoms with Crippen LogP contribution in [0.2, 0.25) is 0 Å². The van der Waals surface area contributed by atoms with E-state index in [0.29, 0.717) is 0 Å². The number of alkyl halides is 2. The number of nitrogens with zero attached hydrogens (tertiary/aromatic N) is 2. The molecule has 0 fully saturated rings. The Morgan fingerprint density at radius 3 is 2.75 bits per heavy atom. The molecule has 1 aromatic rings. The van der Waals surface area contributed by atoms with Crippen molar-refractivity contribution in [2.75, 3.05) is 0 Å². The van der Waals surface area contributed by atoms with Crippen molar-refractivity contribution in [3.05, 3.63) is 23.5 Å². The van der Waals surface area contributed by atoms with Gasteiger partial charge in [0.15, 0.2) is 0 Å². The van der Waals surface area contributed by atoms with Gasteiger partial charge in [-0.3, -0.25) is 4.98 Å². The largest absolute Gasteiger partial charge is 0.506 e. The summed E-state index contributed by atoms with van der Waals surface area (Å²) in [7, 11) is 0. The van der Waals surface area contributed by atoms with Crippen molar-refractivity contribution in [2.24, 2.45) is 0 Å². The van der Waals surface area contributed by atoms with Gasteiger partial charge in [-0.05, 0) is 0 Å². The molecule has 0 aliphatic heterocycles. The molecular formula is C7H4F2N2O. The average Bonchev–Trinajstić information content (AvgIpc) is 2.03. The van der Waals surface area contributed by atoms with Crippen molar-refractivity contribution >= 4 is 0 Å². The van der Waals surface area contributed by atoms with Crippen LogP contribution in [0.15, 0.2) is 12.3 Å². The van der Waals surface area contributed by atoms with E-state index in [1.165, 1.54) is 6.07 Å². The van der Waals surface area contributed by atoms with Crippen LogP contribution >= 0.6 is 0 Å². The van der Waals surface area contributed by atoms with E-state index < -0.39 is 12.1 Å². The van der Waals surface area contributed by atoms with Crippen LogP contribution in [0.3, 0.4) is 0 Å². The highest BCUT2D eigenvalue weighted by molar-refractivity contribution is 5.38. The fourth-order valence-corrected chi connectivity index (χ4v) is 0.728. The lowest BCUT2D eigenvalue weighted by atomic mass is 10.2. The summed E-state index contributed by atoms with van der Waals surface area (Å²) in [6.07, 6.45) is -1.91. The minimum Gasteiger partial charge on any atom is -0.506 e. The molecule has 0 aromatic carbocycles. The van der Waals surface area contributed by atoms with Crippen molar-refractivity contribution in [3.63, 3.8) is 0 Å². The predicted molar refractivity (Wildman–Crippen MR) is 35.6 cm³/mol. The quantitative estimate of drug-likeness (QED) is 0.696. The maximum Gasteiger partial charge on any atom is 0.281 e. The molecule has 0 aliphatic rings. The van der Waals surface area contributed by atoms with Gasteiger partial charge in [-0.1, -0.05) is 0 Å². The Morgan fingerprint density at radius 1 is 1.58 bits per heavy atom. The van der Waals surface area contributed by atoms with Gasteiger partial charge >= 0.3 is 0 Å². The summed E-state index contributed by atoms with van der Waals surface area (Å²) in [5, 5.41) is 17.1. The topological polar surface area (TPSA) is 56.9 Å². The molecule has 0 aliphatic carbocycles. The third-order valence-electron chi connectivity index (χ3n) is 1.23. The molecule has 1 aromatic heterocycles. The predicted octanol–water partition coefficient (Wildman–Crippen LogP) is 1.60. The van der Waals surface area contributed by atoms with Gasteiger partial charge in [-0.2, -0.15) is 5.26 Å². The highest BCUT2D eigenvalue weighted by atomic mass is 19.3. The number of aromatic nitrogens is 1. The van der Waals surface area contributed by atoms with E-state index in [1.807, 2.05) is 0 Å². The monoisotopic (exact) mass is 170 g/mol. The van der Waals surface area contributed by atoms with Gasteiger partial charge in [0.1, 0.15) is 17.5 Å². The van der Waals surface area contributed by atoms with Gasteiger partial charge in [0, 0.05) is 6.07 Å². The number of hydrogen-bond acceptors (Lipinski definition) is 3.